The molecular formula is C27H33F3N4O4. The van der Waals surface area contributed by atoms with Gasteiger partial charge in [0.1, 0.15) is 29.3 Å². The lowest BCUT2D eigenvalue weighted by molar-refractivity contribution is -0.142. The van der Waals surface area contributed by atoms with Crippen LogP contribution in [0.3, 0.4) is 0 Å². The lowest BCUT2D eigenvalue weighted by Gasteiger charge is -2.30. The molecule has 206 valence electrons. The number of halogens is 3. The molecule has 1 amide bonds. The first kappa shape index (κ1) is 27.7. The minimum atomic E-state index is -4.73. The molecule has 2 aliphatic heterocycles. The van der Waals surface area contributed by atoms with Crippen molar-refractivity contribution >= 4 is 17.4 Å². The van der Waals surface area contributed by atoms with Gasteiger partial charge in [-0.1, -0.05) is 13.8 Å². The summed E-state index contributed by atoms with van der Waals surface area (Å²) in [4.78, 5) is 30.1. The van der Waals surface area contributed by atoms with Gasteiger partial charge < -0.3 is 14.4 Å². The second-order valence-electron chi connectivity index (χ2n) is 10.6. The summed E-state index contributed by atoms with van der Waals surface area (Å²) in [5.41, 5.74) is -2.53. The topological polar surface area (TPSA) is 87.8 Å². The molecule has 0 unspecified atom stereocenters. The molecule has 3 heterocycles. The maximum Gasteiger partial charge on any atom is 0.433 e. The Hall–Kier alpha value is -3.34. The largest absolute Gasteiger partial charge is 0.492 e. The van der Waals surface area contributed by atoms with Gasteiger partial charge in [0.25, 0.3) is 5.91 Å². The van der Waals surface area contributed by atoms with Crippen LogP contribution in [-0.4, -0.2) is 70.8 Å². The van der Waals surface area contributed by atoms with E-state index in [1.165, 1.54) is 23.9 Å². The summed E-state index contributed by atoms with van der Waals surface area (Å²) in [6.07, 6.45) is -1.61. The van der Waals surface area contributed by atoms with E-state index in [1.54, 1.807) is 52.0 Å². The summed E-state index contributed by atoms with van der Waals surface area (Å²) in [6.45, 7) is 9.82. The Balaban J connectivity index is 1.60. The highest BCUT2D eigenvalue weighted by molar-refractivity contribution is 6.17. The lowest BCUT2D eigenvalue weighted by Crippen LogP contribution is -2.37. The molecule has 1 aromatic heterocycles. The Morgan fingerprint density at radius 2 is 1.79 bits per heavy atom. The van der Waals surface area contributed by atoms with E-state index in [-0.39, 0.29) is 23.4 Å². The number of likely N-dealkylation sites (tertiary alicyclic amines) is 1. The number of nitrogens with zero attached hydrogens (tertiary/aromatic N) is 3. The van der Waals surface area contributed by atoms with Crippen molar-refractivity contribution in [2.75, 3.05) is 32.8 Å². The fraction of sp³-hybridized carbons (Fsp3) is 0.519. The molecule has 0 bridgehead atoms. The minimum Gasteiger partial charge on any atom is -0.492 e. The zero-order valence-electron chi connectivity index (χ0n) is 22.0. The van der Waals surface area contributed by atoms with E-state index in [9.17, 15) is 22.8 Å². The third-order valence-electron chi connectivity index (χ3n) is 6.63. The predicted molar refractivity (Wildman–Crippen MR) is 134 cm³/mol. The van der Waals surface area contributed by atoms with Crippen LogP contribution >= 0.6 is 0 Å². The molecule has 0 saturated carbocycles. The average molecular weight is 535 g/mol. The second-order valence-corrected chi connectivity index (χ2v) is 10.6. The van der Waals surface area contributed by atoms with Crippen LogP contribution in [0.4, 0.5) is 13.2 Å². The minimum absolute atomic E-state index is 0.117. The zero-order chi connectivity index (χ0) is 27.7. The molecule has 0 spiro atoms. The van der Waals surface area contributed by atoms with Gasteiger partial charge in [-0.15, -0.1) is 0 Å². The van der Waals surface area contributed by atoms with Crippen LogP contribution in [0.5, 0.6) is 5.75 Å². The highest BCUT2D eigenvalue weighted by Gasteiger charge is 2.46. The number of aromatic nitrogens is 2. The molecule has 2 aliphatic rings. The molecule has 11 heteroatoms. The predicted octanol–water partition coefficient (Wildman–Crippen LogP) is 4.63. The van der Waals surface area contributed by atoms with Crippen molar-refractivity contribution in [2.24, 2.45) is 0 Å². The number of amides is 1. The molecule has 0 atom stereocenters. The molecule has 0 radical (unpaired) electrons. The third kappa shape index (κ3) is 6.03. The fourth-order valence-corrected chi connectivity index (χ4v) is 4.88. The van der Waals surface area contributed by atoms with E-state index >= 15 is 0 Å². The molecule has 1 fully saturated rings. The standard InChI is InChI=1S/C27H33F3N4O4/c1-17(2)38-25(36)20-15-34(16-26(3,4)21-22(20)31-32-23(21)27(28,29)30)24(35)18-7-9-19(10-8-18)37-14-13-33-11-5-6-12-33/h7-10,15,17H,5-6,11-14,16H2,1-4H3,(H,31,32). The van der Waals surface area contributed by atoms with Crippen LogP contribution in [0.15, 0.2) is 30.5 Å². The van der Waals surface area contributed by atoms with Crippen molar-refractivity contribution in [3.8, 4) is 5.75 Å². The average Bonchev–Trinajstić information content (AvgIpc) is 3.49. The molecule has 4 rings (SSSR count). The number of alkyl halides is 3. The number of rotatable bonds is 7. The number of esters is 1. The van der Waals surface area contributed by atoms with Gasteiger partial charge in [-0.3, -0.25) is 14.8 Å². The maximum absolute atomic E-state index is 13.9. The third-order valence-corrected chi connectivity index (χ3v) is 6.63. The first-order valence-electron chi connectivity index (χ1n) is 12.7. The van der Waals surface area contributed by atoms with Gasteiger partial charge in [0.15, 0.2) is 0 Å². The van der Waals surface area contributed by atoms with Crippen molar-refractivity contribution in [3.05, 3.63) is 53.0 Å². The van der Waals surface area contributed by atoms with E-state index < -0.39 is 35.3 Å². The van der Waals surface area contributed by atoms with E-state index in [4.69, 9.17) is 9.47 Å². The normalized spacial score (nSPS) is 17.7. The number of aromatic amines is 1. The summed E-state index contributed by atoms with van der Waals surface area (Å²) >= 11 is 0. The molecule has 1 aromatic carbocycles. The molecule has 2 aromatic rings. The highest BCUT2D eigenvalue weighted by atomic mass is 19.4. The van der Waals surface area contributed by atoms with E-state index in [1.807, 2.05) is 0 Å². The van der Waals surface area contributed by atoms with Crippen LogP contribution < -0.4 is 4.74 Å². The van der Waals surface area contributed by atoms with Gasteiger partial charge in [0, 0.05) is 35.8 Å². The van der Waals surface area contributed by atoms with Crippen LogP contribution in [0.25, 0.3) is 5.57 Å². The molecule has 8 nitrogen and oxygen atoms in total. The van der Waals surface area contributed by atoms with E-state index in [0.29, 0.717) is 17.9 Å². The summed E-state index contributed by atoms with van der Waals surface area (Å²) in [5.74, 6) is -0.721. The van der Waals surface area contributed by atoms with Crippen LogP contribution in [0.1, 0.15) is 67.8 Å². The molecule has 1 N–H and O–H groups in total. The van der Waals surface area contributed by atoms with Crippen LogP contribution in [-0.2, 0) is 21.1 Å². The van der Waals surface area contributed by atoms with Crippen molar-refractivity contribution in [1.82, 2.24) is 20.0 Å². The summed E-state index contributed by atoms with van der Waals surface area (Å²) in [7, 11) is 0. The molecular weight excluding hydrogens is 501 g/mol. The number of hydrogen-bond donors (Lipinski definition) is 1. The van der Waals surface area contributed by atoms with Gasteiger partial charge >= 0.3 is 12.1 Å². The number of carbonyl (C=O) groups is 2. The number of fused-ring (bicyclic) bond motifs is 1. The van der Waals surface area contributed by atoms with Gasteiger partial charge in [-0.05, 0) is 64.0 Å². The number of hydrogen-bond acceptors (Lipinski definition) is 6. The molecule has 1 saturated heterocycles. The van der Waals surface area contributed by atoms with E-state index in [2.05, 4.69) is 15.1 Å². The Morgan fingerprint density at radius 1 is 1.13 bits per heavy atom. The smallest absolute Gasteiger partial charge is 0.433 e. The first-order chi connectivity index (χ1) is 17.9. The van der Waals surface area contributed by atoms with Gasteiger partial charge in [0.2, 0.25) is 0 Å². The summed E-state index contributed by atoms with van der Waals surface area (Å²) < 4.78 is 52.7. The highest BCUT2D eigenvalue weighted by Crippen LogP contribution is 2.42. The van der Waals surface area contributed by atoms with E-state index in [0.717, 1.165) is 19.6 Å². The molecule has 38 heavy (non-hydrogen) atoms. The Labute approximate surface area is 219 Å². The Morgan fingerprint density at radius 3 is 2.39 bits per heavy atom. The monoisotopic (exact) mass is 534 g/mol. The number of nitrogens with one attached hydrogen (secondary N) is 1. The summed E-state index contributed by atoms with van der Waals surface area (Å²) in [6, 6.07) is 6.58. The van der Waals surface area contributed by atoms with Crippen molar-refractivity contribution in [2.45, 2.75) is 58.2 Å². The summed E-state index contributed by atoms with van der Waals surface area (Å²) in [5, 5.41) is 5.90. The number of carbonyl (C=O) groups excluding carboxylic acids is 2. The number of benzene rings is 1. The number of ether oxygens (including phenoxy) is 2. The first-order valence-corrected chi connectivity index (χ1v) is 12.7. The van der Waals surface area contributed by atoms with Crippen LogP contribution in [0.2, 0.25) is 0 Å². The van der Waals surface area contributed by atoms with Crippen molar-refractivity contribution in [1.29, 1.82) is 0 Å². The maximum atomic E-state index is 13.9. The second kappa shape index (κ2) is 10.8. The lowest BCUT2D eigenvalue weighted by atomic mass is 9.81. The van der Waals surface area contributed by atoms with Crippen molar-refractivity contribution in [3.63, 3.8) is 0 Å². The van der Waals surface area contributed by atoms with Gasteiger partial charge in [-0.25, -0.2) is 4.79 Å². The Kier molecular flexibility index (Phi) is 7.87. The SMILES string of the molecule is CC(C)OC(=O)C1=CN(C(=O)c2ccc(OCCN3CCCC3)cc2)CC(C)(C)c2c1n[nH]c2C(F)(F)F. The van der Waals surface area contributed by atoms with Gasteiger partial charge in [-0.2, -0.15) is 18.3 Å². The number of H-pyrrole nitrogens is 1. The quantitative estimate of drug-likeness (QED) is 0.522. The zero-order valence-corrected chi connectivity index (χ0v) is 22.0. The fourth-order valence-electron chi connectivity index (χ4n) is 4.88. The van der Waals surface area contributed by atoms with Gasteiger partial charge in [0.05, 0.1) is 6.10 Å². The van der Waals surface area contributed by atoms with Crippen molar-refractivity contribution < 1.29 is 32.2 Å². The Bertz CT molecular complexity index is 1200. The molecule has 0 aliphatic carbocycles. The van der Waals surface area contributed by atoms with Crippen LogP contribution in [0, 0.1) is 0 Å².